The summed E-state index contributed by atoms with van der Waals surface area (Å²) in [7, 11) is 1.17. The number of thiazole rings is 1. The summed E-state index contributed by atoms with van der Waals surface area (Å²) in [6, 6.07) is 18.3. The van der Waals surface area contributed by atoms with Crippen molar-refractivity contribution < 1.29 is 22.7 Å². The molecule has 0 unspecified atom stereocenters. The number of aromatic nitrogens is 1. The Balaban J connectivity index is 1.68. The minimum atomic E-state index is -3.78. The molecule has 1 heterocycles. The maximum atomic E-state index is 13.2. The van der Waals surface area contributed by atoms with Crippen molar-refractivity contribution in [1.82, 2.24) is 4.57 Å². The first kappa shape index (κ1) is 24.5. The molecule has 0 N–H and O–H groups in total. The number of nitrogens with zero attached hydrogens (tertiary/aromatic N) is 3. The molecule has 0 fully saturated rings. The zero-order valence-corrected chi connectivity index (χ0v) is 21.4. The largest absolute Gasteiger partial charge is 0.495 e. The van der Waals surface area contributed by atoms with Crippen molar-refractivity contribution in [3.8, 4) is 11.5 Å². The highest BCUT2D eigenvalue weighted by Crippen LogP contribution is 2.34. The lowest BCUT2D eigenvalue weighted by Crippen LogP contribution is -2.30. The average Bonchev–Trinajstić information content (AvgIpc) is 3.20. The van der Waals surface area contributed by atoms with Crippen LogP contribution in [0.4, 0.5) is 5.69 Å². The van der Waals surface area contributed by atoms with E-state index in [9.17, 15) is 13.2 Å². The number of methoxy groups -OCH3 is 2. The van der Waals surface area contributed by atoms with E-state index >= 15 is 0 Å². The molecule has 0 bridgehead atoms. The number of ether oxygens (including phenoxy) is 2. The summed E-state index contributed by atoms with van der Waals surface area (Å²) >= 11 is 1.31. The van der Waals surface area contributed by atoms with Gasteiger partial charge in [0, 0.05) is 19.2 Å². The number of hydrogen-bond donors (Lipinski definition) is 0. The Hall–Kier alpha value is -3.63. The average molecular weight is 512 g/mol. The molecule has 10 heteroatoms. The molecule has 182 valence electrons. The van der Waals surface area contributed by atoms with Crippen LogP contribution in [0.5, 0.6) is 11.5 Å². The number of anilines is 1. The minimum Gasteiger partial charge on any atom is -0.495 e. The van der Waals surface area contributed by atoms with Gasteiger partial charge in [-0.25, -0.2) is 8.42 Å². The van der Waals surface area contributed by atoms with Crippen molar-refractivity contribution in [2.45, 2.75) is 11.8 Å². The van der Waals surface area contributed by atoms with Crippen LogP contribution in [0.1, 0.15) is 17.3 Å². The van der Waals surface area contributed by atoms with Gasteiger partial charge in [0.1, 0.15) is 21.7 Å². The quantitative estimate of drug-likeness (QED) is 0.371. The van der Waals surface area contributed by atoms with E-state index in [1.165, 1.54) is 39.9 Å². The molecule has 3 aromatic carbocycles. The van der Waals surface area contributed by atoms with Gasteiger partial charge in [0.05, 0.1) is 24.8 Å². The number of aryl methyl sites for hydroxylation is 1. The van der Waals surface area contributed by atoms with Gasteiger partial charge in [0.25, 0.3) is 15.9 Å². The summed E-state index contributed by atoms with van der Waals surface area (Å²) in [6.07, 6.45) is 0. The molecule has 1 aromatic heterocycles. The lowest BCUT2D eigenvalue weighted by molar-refractivity contribution is 0.0998. The molecule has 1 amide bonds. The maximum absolute atomic E-state index is 13.2. The summed E-state index contributed by atoms with van der Waals surface area (Å²) < 4.78 is 41.2. The number of hydrogen-bond acceptors (Lipinski definition) is 6. The molecule has 4 aromatic rings. The fraction of sp³-hybridized carbons (Fsp3) is 0.200. The third-order valence-electron chi connectivity index (χ3n) is 5.53. The van der Waals surface area contributed by atoms with Crippen LogP contribution >= 0.6 is 11.3 Å². The predicted molar refractivity (Wildman–Crippen MR) is 137 cm³/mol. The van der Waals surface area contributed by atoms with Crippen molar-refractivity contribution >= 4 is 43.2 Å². The van der Waals surface area contributed by atoms with Gasteiger partial charge in [-0.05, 0) is 55.5 Å². The highest BCUT2D eigenvalue weighted by molar-refractivity contribution is 7.92. The van der Waals surface area contributed by atoms with Gasteiger partial charge >= 0.3 is 0 Å². The van der Waals surface area contributed by atoms with Gasteiger partial charge in [-0.3, -0.25) is 9.10 Å². The third-order valence-corrected chi connectivity index (χ3v) is 8.60. The van der Waals surface area contributed by atoms with Gasteiger partial charge in [-0.2, -0.15) is 4.99 Å². The summed E-state index contributed by atoms with van der Waals surface area (Å²) in [5.74, 6) is 0.815. The number of benzene rings is 3. The van der Waals surface area contributed by atoms with E-state index in [0.717, 1.165) is 10.2 Å². The van der Waals surface area contributed by atoms with Crippen molar-refractivity contribution in [2.75, 3.05) is 25.1 Å². The van der Waals surface area contributed by atoms with Crippen molar-refractivity contribution in [1.29, 1.82) is 0 Å². The van der Waals surface area contributed by atoms with Crippen molar-refractivity contribution in [3.05, 3.63) is 77.1 Å². The lowest BCUT2D eigenvalue weighted by Gasteiger charge is -2.22. The predicted octanol–water partition coefficient (Wildman–Crippen LogP) is 4.21. The first-order valence-corrected chi connectivity index (χ1v) is 13.0. The Labute approximate surface area is 207 Å². The monoisotopic (exact) mass is 511 g/mol. The van der Waals surface area contributed by atoms with Gasteiger partial charge in [-0.15, -0.1) is 0 Å². The number of rotatable bonds is 7. The van der Waals surface area contributed by atoms with E-state index in [4.69, 9.17) is 9.47 Å². The SMILES string of the molecule is CCN(c1ccccc1)S(=O)(=O)c1ccc(C(=O)N=c2sc3c(OC)ccc(OC)c3n2C)cc1. The number of fused-ring (bicyclic) bond motifs is 1. The van der Waals surface area contributed by atoms with Crippen LogP contribution in [0, 0.1) is 0 Å². The lowest BCUT2D eigenvalue weighted by atomic mass is 10.2. The third kappa shape index (κ3) is 4.54. The molecule has 35 heavy (non-hydrogen) atoms. The molecule has 0 aliphatic carbocycles. The first-order chi connectivity index (χ1) is 16.8. The Morgan fingerprint density at radius 2 is 1.60 bits per heavy atom. The molecule has 0 saturated heterocycles. The highest BCUT2D eigenvalue weighted by atomic mass is 32.2. The molecular formula is C25H25N3O5S2. The fourth-order valence-corrected chi connectivity index (χ4v) is 6.36. The number of carbonyl (C=O) groups excluding carboxylic acids is 1. The minimum absolute atomic E-state index is 0.0987. The summed E-state index contributed by atoms with van der Waals surface area (Å²) in [4.78, 5) is 17.8. The van der Waals surface area contributed by atoms with E-state index in [1.807, 2.05) is 6.07 Å². The zero-order valence-electron chi connectivity index (χ0n) is 19.8. The second kappa shape index (κ2) is 9.93. The maximum Gasteiger partial charge on any atom is 0.279 e. The summed E-state index contributed by atoms with van der Waals surface area (Å²) in [5.41, 5.74) is 1.63. The van der Waals surface area contributed by atoms with E-state index in [1.54, 1.807) is 69.2 Å². The van der Waals surface area contributed by atoms with Crippen LogP contribution in [0.3, 0.4) is 0 Å². The highest BCUT2D eigenvalue weighted by Gasteiger charge is 2.24. The second-order valence-corrected chi connectivity index (χ2v) is 10.4. The van der Waals surface area contributed by atoms with Gasteiger partial charge in [-0.1, -0.05) is 29.5 Å². The van der Waals surface area contributed by atoms with E-state index in [2.05, 4.69) is 4.99 Å². The first-order valence-electron chi connectivity index (χ1n) is 10.8. The molecule has 0 spiro atoms. The molecule has 0 aliphatic rings. The topological polar surface area (TPSA) is 90.2 Å². The zero-order chi connectivity index (χ0) is 25.2. The van der Waals surface area contributed by atoms with Crippen LogP contribution in [0.2, 0.25) is 0 Å². The van der Waals surface area contributed by atoms with Crippen LogP contribution in [-0.4, -0.2) is 39.7 Å². The van der Waals surface area contributed by atoms with Gasteiger partial charge < -0.3 is 14.0 Å². The Bertz CT molecular complexity index is 1540. The molecular weight excluding hydrogens is 486 g/mol. The Morgan fingerprint density at radius 1 is 0.971 bits per heavy atom. The summed E-state index contributed by atoms with van der Waals surface area (Å²) in [5, 5.41) is 0. The molecule has 8 nitrogen and oxygen atoms in total. The molecule has 0 radical (unpaired) electrons. The number of amides is 1. The molecule has 0 aliphatic heterocycles. The normalized spacial score (nSPS) is 12.1. The molecule has 0 atom stereocenters. The van der Waals surface area contributed by atoms with Crippen LogP contribution in [0.15, 0.2) is 76.6 Å². The van der Waals surface area contributed by atoms with Crippen LogP contribution < -0.4 is 18.6 Å². The Kier molecular flexibility index (Phi) is 6.95. The van der Waals surface area contributed by atoms with Crippen molar-refractivity contribution in [3.63, 3.8) is 0 Å². The summed E-state index contributed by atoms with van der Waals surface area (Å²) in [6.45, 7) is 2.05. The van der Waals surface area contributed by atoms with E-state index < -0.39 is 15.9 Å². The van der Waals surface area contributed by atoms with Gasteiger partial charge in [0.2, 0.25) is 0 Å². The molecule has 4 rings (SSSR count). The molecule has 0 saturated carbocycles. The fourth-order valence-electron chi connectivity index (χ4n) is 3.76. The standard InChI is InChI=1S/C25H25N3O5S2/c1-5-28(18-9-7-6-8-10-18)35(30,31)19-13-11-17(12-14-19)24(29)26-25-27(2)22-20(32-3)15-16-21(33-4)23(22)34-25/h6-16H,5H2,1-4H3. The van der Waals surface area contributed by atoms with E-state index in [-0.39, 0.29) is 17.0 Å². The van der Waals surface area contributed by atoms with Crippen LogP contribution in [0.25, 0.3) is 10.2 Å². The van der Waals surface area contributed by atoms with Crippen LogP contribution in [-0.2, 0) is 17.1 Å². The van der Waals surface area contributed by atoms with Gasteiger partial charge in [0.15, 0.2) is 4.80 Å². The number of sulfonamides is 1. The second-order valence-electron chi connectivity index (χ2n) is 7.54. The van der Waals surface area contributed by atoms with E-state index in [0.29, 0.717) is 22.0 Å². The number of carbonyl (C=O) groups is 1. The van der Waals surface area contributed by atoms with Crippen molar-refractivity contribution in [2.24, 2.45) is 12.0 Å². The number of para-hydroxylation sites is 1. The smallest absolute Gasteiger partial charge is 0.279 e. The Morgan fingerprint density at radius 3 is 2.20 bits per heavy atom.